The van der Waals surface area contributed by atoms with E-state index in [1.807, 2.05) is 56.5 Å². The number of nitrogens with one attached hydrogen (secondary N) is 3. The maximum absolute atomic E-state index is 15.0. The number of carbonyl (C=O) groups excluding carboxylic acids is 4. The monoisotopic (exact) mass is 905 g/mol. The highest BCUT2D eigenvalue weighted by Crippen LogP contribution is 2.46. The lowest BCUT2D eigenvalue weighted by atomic mass is 10.0. The summed E-state index contributed by atoms with van der Waals surface area (Å²) < 4.78 is 46.7. The first kappa shape index (κ1) is 44.8. The molecule has 340 valence electrons. The number of morpholine rings is 1. The summed E-state index contributed by atoms with van der Waals surface area (Å²) in [4.78, 5) is 70.6. The van der Waals surface area contributed by atoms with Crippen LogP contribution in [0.15, 0.2) is 35.7 Å². The number of urea groups is 1. The Balaban J connectivity index is 1.14. The number of amides is 5. The third kappa shape index (κ3) is 9.53. The van der Waals surface area contributed by atoms with Gasteiger partial charge in [-0.15, -0.1) is 11.3 Å². The first-order chi connectivity index (χ1) is 30.1. The highest BCUT2D eigenvalue weighted by atomic mass is 32.2. The van der Waals surface area contributed by atoms with Crippen LogP contribution in [-0.4, -0.2) is 120 Å². The Morgan fingerprint density at radius 2 is 1.79 bits per heavy atom. The van der Waals surface area contributed by atoms with E-state index in [-0.39, 0.29) is 43.5 Å². The molecule has 0 radical (unpaired) electrons. The summed E-state index contributed by atoms with van der Waals surface area (Å²) in [6.07, 6.45) is 7.25. The molecule has 2 aliphatic carbocycles. The highest BCUT2D eigenvalue weighted by molar-refractivity contribution is 7.91. The molecule has 8 rings (SSSR count). The Morgan fingerprint density at radius 1 is 1.03 bits per heavy atom. The Bertz CT molecular complexity index is 2390. The first-order valence-corrected chi connectivity index (χ1v) is 24.7. The molecule has 2 saturated heterocycles. The first-order valence-electron chi connectivity index (χ1n) is 22.2. The fourth-order valence-electron chi connectivity index (χ4n) is 9.09. The third-order valence-corrected chi connectivity index (χ3v) is 15.5. The summed E-state index contributed by atoms with van der Waals surface area (Å²) in [5.74, 6) is -0.920. The van der Waals surface area contributed by atoms with Gasteiger partial charge in [0.2, 0.25) is 21.8 Å². The van der Waals surface area contributed by atoms with Gasteiger partial charge in [0.25, 0.3) is 5.91 Å². The summed E-state index contributed by atoms with van der Waals surface area (Å²) >= 11 is 1.48. The van der Waals surface area contributed by atoms with Crippen LogP contribution in [0.25, 0.3) is 21.6 Å². The zero-order valence-electron chi connectivity index (χ0n) is 36.8. The van der Waals surface area contributed by atoms with Crippen molar-refractivity contribution in [1.82, 2.24) is 35.1 Å². The van der Waals surface area contributed by atoms with E-state index in [1.54, 1.807) is 12.0 Å². The number of aryl methyl sites for hydroxylation is 1. The number of pyridine rings is 1. The number of methoxy groups -OCH3 is 1. The summed E-state index contributed by atoms with van der Waals surface area (Å²) in [6, 6.07) is 3.09. The van der Waals surface area contributed by atoms with Gasteiger partial charge in [0.1, 0.15) is 45.9 Å². The Labute approximate surface area is 372 Å². The van der Waals surface area contributed by atoms with Gasteiger partial charge in [-0.05, 0) is 77.3 Å². The smallest absolute Gasteiger partial charge is 0.318 e. The molecule has 3 aromatic rings. The second-order valence-corrected chi connectivity index (χ2v) is 21.0. The molecule has 3 aliphatic heterocycles. The number of sulfonamides is 1. The standard InChI is InChI=1S/C45H59N7O9S2/c1-25(2)35-24-62-41(47-35)34-19-38(32-16-17-37(59-6)28(5)39(32)46-34)61-30-18-36-40(53)49-45(43(55)50-63(57,58)31-14-15-31)20-29(45)12-10-8-7-9-11-13-33(42(54)52(36)23-30)48-44(56)51-21-26(3)60-27(4)22-51/h10,12,16-17,19,24-27,29-31,33,36H,7-9,11,13-15,18,20-23H2,1-6H3,(H,48,56)(H,49,53)(H,50,55). The van der Waals surface area contributed by atoms with Gasteiger partial charge >= 0.3 is 6.03 Å². The van der Waals surface area contributed by atoms with Crippen LogP contribution in [0.5, 0.6) is 11.5 Å². The van der Waals surface area contributed by atoms with E-state index < -0.39 is 62.6 Å². The van der Waals surface area contributed by atoms with Crippen LogP contribution in [-0.2, 0) is 29.1 Å². The molecule has 7 unspecified atom stereocenters. The number of aromatic nitrogens is 2. The molecule has 2 saturated carbocycles. The predicted molar refractivity (Wildman–Crippen MR) is 238 cm³/mol. The van der Waals surface area contributed by atoms with E-state index in [9.17, 15) is 27.6 Å². The molecule has 3 N–H and O–H groups in total. The van der Waals surface area contributed by atoms with Crippen molar-refractivity contribution in [3.05, 3.63) is 47.0 Å². The van der Waals surface area contributed by atoms with Gasteiger partial charge in [0, 0.05) is 47.8 Å². The van der Waals surface area contributed by atoms with Gasteiger partial charge in [0.05, 0.1) is 42.3 Å². The molecule has 4 fully saturated rings. The zero-order valence-corrected chi connectivity index (χ0v) is 38.5. The zero-order chi connectivity index (χ0) is 44.8. The van der Waals surface area contributed by atoms with Gasteiger partial charge in [0.15, 0.2) is 0 Å². The number of rotatable bonds is 9. The predicted octanol–water partition coefficient (Wildman–Crippen LogP) is 5.34. The van der Waals surface area contributed by atoms with Crippen LogP contribution < -0.4 is 24.8 Å². The Hall–Kier alpha value is -4.81. The summed E-state index contributed by atoms with van der Waals surface area (Å²) in [6.45, 7) is 10.6. The van der Waals surface area contributed by atoms with Crippen molar-refractivity contribution in [2.45, 2.75) is 140 Å². The lowest BCUT2D eigenvalue weighted by molar-refractivity contribution is -0.141. The minimum atomic E-state index is -3.92. The van der Waals surface area contributed by atoms with E-state index in [0.29, 0.717) is 78.3 Å². The van der Waals surface area contributed by atoms with Crippen molar-refractivity contribution in [2.75, 3.05) is 26.7 Å². The number of nitrogens with zero attached hydrogens (tertiary/aromatic N) is 4. The summed E-state index contributed by atoms with van der Waals surface area (Å²) in [5.41, 5.74) is 1.48. The third-order valence-electron chi connectivity index (χ3n) is 12.8. The van der Waals surface area contributed by atoms with Crippen LogP contribution in [0.1, 0.15) is 103 Å². The van der Waals surface area contributed by atoms with E-state index in [0.717, 1.165) is 24.1 Å². The molecule has 2 aromatic heterocycles. The van der Waals surface area contributed by atoms with Crippen LogP contribution in [0.3, 0.4) is 0 Å². The van der Waals surface area contributed by atoms with Crippen LogP contribution in [0.4, 0.5) is 4.79 Å². The van der Waals surface area contributed by atoms with E-state index in [1.165, 1.54) is 16.2 Å². The fraction of sp³-hybridized carbons (Fsp3) is 0.600. The minimum absolute atomic E-state index is 0.00344. The van der Waals surface area contributed by atoms with Gasteiger partial charge in [-0.1, -0.05) is 38.8 Å². The lowest BCUT2D eigenvalue weighted by Gasteiger charge is -2.36. The second kappa shape index (κ2) is 18.0. The Morgan fingerprint density at radius 3 is 2.49 bits per heavy atom. The lowest BCUT2D eigenvalue weighted by Crippen LogP contribution is -2.59. The second-order valence-electron chi connectivity index (χ2n) is 18.2. The largest absolute Gasteiger partial charge is 0.496 e. The highest BCUT2D eigenvalue weighted by Gasteiger charge is 2.62. The van der Waals surface area contributed by atoms with Gasteiger partial charge < -0.3 is 34.6 Å². The fourth-order valence-corrected chi connectivity index (χ4v) is 11.4. The molecule has 7 atom stereocenters. The van der Waals surface area contributed by atoms with Crippen molar-refractivity contribution in [1.29, 1.82) is 0 Å². The average molecular weight is 906 g/mol. The van der Waals surface area contributed by atoms with Crippen molar-refractivity contribution in [2.24, 2.45) is 5.92 Å². The molecular formula is C45H59N7O9S2. The molecule has 16 nitrogen and oxygen atoms in total. The van der Waals surface area contributed by atoms with Gasteiger partial charge in [-0.2, -0.15) is 0 Å². The molecule has 63 heavy (non-hydrogen) atoms. The van der Waals surface area contributed by atoms with E-state index in [2.05, 4.69) is 29.2 Å². The maximum atomic E-state index is 15.0. The van der Waals surface area contributed by atoms with Gasteiger partial charge in [-0.25, -0.2) is 23.2 Å². The molecule has 18 heteroatoms. The molecule has 5 aliphatic rings. The SMILES string of the molecule is COc1ccc2c(OC3CC4C(=O)NC5(C(=O)NS(=O)(=O)C6CC6)CC5C=CCCCCCC(NC(=O)N5CC(C)OC(C)C5)C(=O)N4C3)cc(-c3nc(C(C)C)cs3)nc2c1C. The average Bonchev–Trinajstić information content (AvgIpc) is 4.11. The van der Waals surface area contributed by atoms with Crippen molar-refractivity contribution in [3.63, 3.8) is 0 Å². The normalized spacial score (nSPS) is 28.1. The van der Waals surface area contributed by atoms with Crippen molar-refractivity contribution >= 4 is 56.0 Å². The number of hydrogen-bond acceptors (Lipinski definition) is 12. The van der Waals surface area contributed by atoms with Crippen LogP contribution in [0.2, 0.25) is 0 Å². The minimum Gasteiger partial charge on any atom is -0.496 e. The molecule has 0 bridgehead atoms. The number of fused-ring (bicyclic) bond motifs is 3. The quantitative estimate of drug-likeness (QED) is 0.235. The maximum Gasteiger partial charge on any atom is 0.318 e. The Kier molecular flexibility index (Phi) is 12.8. The number of thiazole rings is 1. The van der Waals surface area contributed by atoms with Crippen LogP contribution >= 0.6 is 11.3 Å². The molecule has 5 amide bonds. The van der Waals surface area contributed by atoms with Gasteiger partial charge in [-0.3, -0.25) is 19.1 Å². The summed E-state index contributed by atoms with van der Waals surface area (Å²) in [7, 11) is -2.31. The number of ether oxygens (including phenoxy) is 3. The van der Waals surface area contributed by atoms with E-state index in [4.69, 9.17) is 24.2 Å². The molecule has 5 heterocycles. The number of benzene rings is 1. The van der Waals surface area contributed by atoms with Crippen molar-refractivity contribution < 1.29 is 41.8 Å². The van der Waals surface area contributed by atoms with Crippen LogP contribution in [0, 0.1) is 12.8 Å². The molecule has 1 aromatic carbocycles. The topological polar surface area (TPSA) is 198 Å². The van der Waals surface area contributed by atoms with Crippen molar-refractivity contribution in [3.8, 4) is 22.2 Å². The van der Waals surface area contributed by atoms with E-state index >= 15 is 0 Å². The molecule has 0 spiro atoms. The number of allylic oxidation sites excluding steroid dienone is 1. The summed E-state index contributed by atoms with van der Waals surface area (Å²) in [5, 5.41) is 8.77. The number of carbonyl (C=O) groups is 4. The molecular weight excluding hydrogens is 847 g/mol. The number of hydrogen-bond donors (Lipinski definition) is 3.